The predicted molar refractivity (Wildman–Crippen MR) is 128 cm³/mol. The van der Waals surface area contributed by atoms with Crippen molar-refractivity contribution in [3.8, 4) is 11.3 Å². The Morgan fingerprint density at radius 3 is 2.38 bits per heavy atom. The molecule has 0 radical (unpaired) electrons. The second-order valence-electron chi connectivity index (χ2n) is 8.26. The number of nitrogens with zero attached hydrogens (tertiary/aromatic N) is 3. The van der Waals surface area contributed by atoms with Gasteiger partial charge < -0.3 is 20.3 Å². The minimum Gasteiger partial charge on any atom is -0.378 e. The maximum atomic E-state index is 12.0. The van der Waals surface area contributed by atoms with Crippen molar-refractivity contribution in [1.29, 1.82) is 0 Å². The topological polar surface area (TPSA) is 79.4 Å². The van der Waals surface area contributed by atoms with Crippen LogP contribution in [-0.4, -0.2) is 42.2 Å². The predicted octanol–water partition coefficient (Wildman–Crippen LogP) is 4.71. The fourth-order valence-corrected chi connectivity index (χ4v) is 3.59. The van der Waals surface area contributed by atoms with Gasteiger partial charge in [0.1, 0.15) is 0 Å². The summed E-state index contributed by atoms with van der Waals surface area (Å²) in [7, 11) is 0. The Morgan fingerprint density at radius 2 is 1.69 bits per heavy atom. The molecule has 2 aromatic carbocycles. The van der Waals surface area contributed by atoms with Gasteiger partial charge in [-0.1, -0.05) is 26.0 Å². The van der Waals surface area contributed by atoms with E-state index < -0.39 is 0 Å². The fourth-order valence-electron chi connectivity index (χ4n) is 3.59. The largest absolute Gasteiger partial charge is 0.378 e. The molecule has 1 saturated heterocycles. The zero-order chi connectivity index (χ0) is 22.3. The molecule has 0 spiro atoms. The Hall–Kier alpha value is -3.45. The molecule has 1 aliphatic rings. The standard InChI is InChI=1S/C25H29N5O2/c1-18(2)17-24(31)27-20-5-3-19(4-6-20)23-11-12-26-25(29-23)28-21-7-9-22(10-8-21)30-13-15-32-16-14-30/h3-12,18H,13-17H2,1-2H3,(H,27,31)(H,26,28,29). The molecule has 0 atom stereocenters. The highest BCUT2D eigenvalue weighted by Gasteiger charge is 2.11. The van der Waals surface area contributed by atoms with Gasteiger partial charge in [0.05, 0.1) is 18.9 Å². The average molecular weight is 432 g/mol. The van der Waals surface area contributed by atoms with Gasteiger partial charge in [-0.15, -0.1) is 0 Å². The average Bonchev–Trinajstić information content (AvgIpc) is 2.80. The SMILES string of the molecule is CC(C)CC(=O)Nc1ccc(-c2ccnc(Nc3ccc(N4CCOCC4)cc3)n2)cc1. The van der Waals surface area contributed by atoms with Crippen LogP contribution in [0.15, 0.2) is 60.8 Å². The van der Waals surface area contributed by atoms with E-state index in [4.69, 9.17) is 4.74 Å². The first-order chi connectivity index (χ1) is 15.6. The number of hydrogen-bond acceptors (Lipinski definition) is 6. The van der Waals surface area contributed by atoms with Crippen LogP contribution in [0.1, 0.15) is 20.3 Å². The number of amides is 1. The lowest BCUT2D eigenvalue weighted by atomic mass is 10.1. The highest BCUT2D eigenvalue weighted by atomic mass is 16.5. The summed E-state index contributed by atoms with van der Waals surface area (Å²) in [6.07, 6.45) is 2.25. The number of ether oxygens (including phenoxy) is 1. The van der Waals surface area contributed by atoms with Crippen LogP contribution < -0.4 is 15.5 Å². The molecule has 4 rings (SSSR count). The van der Waals surface area contributed by atoms with Crippen LogP contribution in [0.4, 0.5) is 23.0 Å². The van der Waals surface area contributed by atoms with Crippen molar-refractivity contribution in [2.45, 2.75) is 20.3 Å². The molecule has 0 bridgehead atoms. The maximum absolute atomic E-state index is 12.0. The van der Waals surface area contributed by atoms with E-state index in [-0.39, 0.29) is 5.91 Å². The van der Waals surface area contributed by atoms with Gasteiger partial charge >= 0.3 is 0 Å². The van der Waals surface area contributed by atoms with E-state index in [1.165, 1.54) is 5.69 Å². The van der Waals surface area contributed by atoms with E-state index in [0.717, 1.165) is 48.9 Å². The van der Waals surface area contributed by atoms with E-state index in [1.54, 1.807) is 6.20 Å². The third-order valence-corrected chi connectivity index (χ3v) is 5.21. The molecule has 1 amide bonds. The van der Waals surface area contributed by atoms with Crippen LogP contribution in [0.2, 0.25) is 0 Å². The molecule has 2 N–H and O–H groups in total. The maximum Gasteiger partial charge on any atom is 0.227 e. The quantitative estimate of drug-likeness (QED) is 0.564. The van der Waals surface area contributed by atoms with E-state index in [9.17, 15) is 4.79 Å². The fraction of sp³-hybridized carbons (Fsp3) is 0.320. The highest BCUT2D eigenvalue weighted by Crippen LogP contribution is 2.23. The summed E-state index contributed by atoms with van der Waals surface area (Å²) in [5, 5.41) is 6.21. The van der Waals surface area contributed by atoms with Crippen LogP contribution in [0.25, 0.3) is 11.3 Å². The number of rotatable bonds is 7. The van der Waals surface area contributed by atoms with Crippen molar-refractivity contribution in [2.24, 2.45) is 5.92 Å². The summed E-state index contributed by atoms with van der Waals surface area (Å²) < 4.78 is 5.42. The number of hydrogen-bond donors (Lipinski definition) is 2. The summed E-state index contributed by atoms with van der Waals surface area (Å²) in [6.45, 7) is 7.43. The summed E-state index contributed by atoms with van der Waals surface area (Å²) in [4.78, 5) is 23.3. The van der Waals surface area contributed by atoms with Crippen LogP contribution in [0.5, 0.6) is 0 Å². The number of benzene rings is 2. The Morgan fingerprint density at radius 1 is 1.00 bits per heavy atom. The van der Waals surface area contributed by atoms with Gasteiger partial charge in [-0.3, -0.25) is 4.79 Å². The van der Waals surface area contributed by atoms with Gasteiger partial charge in [0.2, 0.25) is 11.9 Å². The van der Waals surface area contributed by atoms with Gasteiger partial charge in [-0.25, -0.2) is 9.97 Å². The Labute approximate surface area is 188 Å². The number of carbonyl (C=O) groups excluding carboxylic acids is 1. The van der Waals surface area contributed by atoms with Crippen molar-refractivity contribution >= 4 is 28.9 Å². The van der Waals surface area contributed by atoms with Crippen molar-refractivity contribution < 1.29 is 9.53 Å². The second kappa shape index (κ2) is 10.2. The minimum atomic E-state index is 0.0286. The smallest absolute Gasteiger partial charge is 0.227 e. The first-order valence-electron chi connectivity index (χ1n) is 11.0. The molecule has 1 fully saturated rings. The summed E-state index contributed by atoms with van der Waals surface area (Å²) in [5.41, 5.74) is 4.68. The summed E-state index contributed by atoms with van der Waals surface area (Å²) >= 11 is 0. The monoisotopic (exact) mass is 431 g/mol. The first kappa shape index (κ1) is 21.8. The first-order valence-corrected chi connectivity index (χ1v) is 11.0. The molecule has 0 saturated carbocycles. The van der Waals surface area contributed by atoms with Crippen molar-refractivity contribution in [3.05, 3.63) is 60.8 Å². The Balaban J connectivity index is 1.40. The van der Waals surface area contributed by atoms with E-state index in [1.807, 2.05) is 56.3 Å². The van der Waals surface area contributed by atoms with E-state index in [0.29, 0.717) is 18.3 Å². The Bertz CT molecular complexity index is 1030. The van der Waals surface area contributed by atoms with E-state index in [2.05, 4.69) is 37.6 Å². The lowest BCUT2D eigenvalue weighted by Gasteiger charge is -2.28. The third-order valence-electron chi connectivity index (χ3n) is 5.21. The Kier molecular flexibility index (Phi) is 6.97. The van der Waals surface area contributed by atoms with Crippen LogP contribution in [0.3, 0.4) is 0 Å². The molecular formula is C25H29N5O2. The number of aromatic nitrogens is 2. The molecular weight excluding hydrogens is 402 g/mol. The molecule has 32 heavy (non-hydrogen) atoms. The van der Waals surface area contributed by atoms with Crippen molar-refractivity contribution in [1.82, 2.24) is 9.97 Å². The molecule has 1 aromatic heterocycles. The zero-order valence-electron chi connectivity index (χ0n) is 18.5. The number of morpholine rings is 1. The van der Waals surface area contributed by atoms with Crippen molar-refractivity contribution in [3.63, 3.8) is 0 Å². The van der Waals surface area contributed by atoms with Gasteiger partial charge in [0, 0.05) is 48.3 Å². The summed E-state index contributed by atoms with van der Waals surface area (Å²) in [5.74, 6) is 0.897. The van der Waals surface area contributed by atoms with E-state index >= 15 is 0 Å². The van der Waals surface area contributed by atoms with Gasteiger partial charge in [0.25, 0.3) is 0 Å². The van der Waals surface area contributed by atoms with Gasteiger partial charge in [-0.2, -0.15) is 0 Å². The lowest BCUT2D eigenvalue weighted by molar-refractivity contribution is -0.116. The van der Waals surface area contributed by atoms with Crippen LogP contribution >= 0.6 is 0 Å². The molecule has 2 heterocycles. The number of anilines is 4. The van der Waals surface area contributed by atoms with Gasteiger partial charge in [-0.05, 0) is 48.4 Å². The third kappa shape index (κ3) is 5.82. The molecule has 166 valence electrons. The van der Waals surface area contributed by atoms with Crippen molar-refractivity contribution in [2.75, 3.05) is 41.8 Å². The molecule has 7 heteroatoms. The molecule has 7 nitrogen and oxygen atoms in total. The molecule has 3 aromatic rings. The molecule has 0 unspecified atom stereocenters. The molecule has 0 aliphatic carbocycles. The minimum absolute atomic E-state index is 0.0286. The number of nitrogens with one attached hydrogen (secondary N) is 2. The summed E-state index contributed by atoms with van der Waals surface area (Å²) in [6, 6.07) is 17.8. The molecule has 1 aliphatic heterocycles. The zero-order valence-corrected chi connectivity index (χ0v) is 18.5. The van der Waals surface area contributed by atoms with Gasteiger partial charge in [0.15, 0.2) is 0 Å². The van der Waals surface area contributed by atoms with Crippen LogP contribution in [-0.2, 0) is 9.53 Å². The lowest BCUT2D eigenvalue weighted by Crippen LogP contribution is -2.36. The second-order valence-corrected chi connectivity index (χ2v) is 8.26. The van der Waals surface area contributed by atoms with Crippen LogP contribution in [0, 0.1) is 5.92 Å². The highest BCUT2D eigenvalue weighted by molar-refractivity contribution is 5.91. The number of carbonyl (C=O) groups is 1. The normalized spacial score (nSPS) is 13.8.